The molecule has 22 heavy (non-hydrogen) atoms. The van der Waals surface area contributed by atoms with Crippen LogP contribution in [-0.4, -0.2) is 28.9 Å². The second-order valence-electron chi connectivity index (χ2n) is 5.34. The van der Waals surface area contributed by atoms with E-state index in [1.165, 1.54) is 6.07 Å². The normalized spacial score (nSPS) is 14.7. The van der Waals surface area contributed by atoms with Gasteiger partial charge in [-0.2, -0.15) is 0 Å². The first-order chi connectivity index (χ1) is 10.4. The van der Waals surface area contributed by atoms with Gasteiger partial charge in [-0.1, -0.05) is 0 Å². The summed E-state index contributed by atoms with van der Waals surface area (Å²) in [5.41, 5.74) is 1.01. The van der Waals surface area contributed by atoms with Gasteiger partial charge in [0.05, 0.1) is 5.56 Å². The lowest BCUT2D eigenvalue weighted by molar-refractivity contribution is -0.137. The number of carbonyl (C=O) groups excluding carboxylic acids is 2. The molecule has 0 radical (unpaired) electrons. The maximum Gasteiger partial charge on any atom is 0.303 e. The molecule has 0 saturated heterocycles. The number of rotatable bonds is 5. The van der Waals surface area contributed by atoms with Crippen LogP contribution in [0, 0.1) is 5.82 Å². The Bertz CT molecular complexity index is 630. The first-order valence-corrected chi connectivity index (χ1v) is 7.01. The highest BCUT2D eigenvalue weighted by molar-refractivity contribution is 5.98. The third-order valence-electron chi connectivity index (χ3n) is 3.50. The zero-order valence-corrected chi connectivity index (χ0v) is 12.1. The van der Waals surface area contributed by atoms with Gasteiger partial charge >= 0.3 is 5.97 Å². The molecule has 2 rings (SSSR count). The summed E-state index contributed by atoms with van der Waals surface area (Å²) in [5.74, 6) is -2.43. The standard InChI is InChI=1S/C15H17FN2O4/c1-8(2-5-14(20)21)17-15(22)10-6-9-3-4-13(19)18-12(9)7-11(10)16/h6-8H,2-5H2,1H3,(H,17,22)(H,18,19)(H,20,21). The number of hydrogen-bond donors (Lipinski definition) is 3. The Morgan fingerprint density at radius 2 is 2.14 bits per heavy atom. The minimum atomic E-state index is -0.947. The van der Waals surface area contributed by atoms with Gasteiger partial charge in [-0.05, 0) is 37.5 Å². The number of carboxylic acids is 1. The van der Waals surface area contributed by atoms with E-state index in [0.717, 1.165) is 6.07 Å². The fourth-order valence-corrected chi connectivity index (χ4v) is 2.29. The van der Waals surface area contributed by atoms with Crippen molar-refractivity contribution < 1.29 is 23.9 Å². The molecule has 1 aliphatic heterocycles. The molecule has 3 N–H and O–H groups in total. The number of amides is 2. The fourth-order valence-electron chi connectivity index (χ4n) is 2.29. The SMILES string of the molecule is CC(CCC(=O)O)NC(=O)c1cc2c(cc1F)NC(=O)CC2. The van der Waals surface area contributed by atoms with Crippen molar-refractivity contribution in [2.75, 3.05) is 5.32 Å². The number of carboxylic acid groups (broad SMARTS) is 1. The highest BCUT2D eigenvalue weighted by Crippen LogP contribution is 2.26. The minimum Gasteiger partial charge on any atom is -0.481 e. The Kier molecular flexibility index (Phi) is 4.75. The molecule has 6 nitrogen and oxygen atoms in total. The molecule has 0 aromatic heterocycles. The number of halogens is 1. The average Bonchev–Trinajstić information content (AvgIpc) is 2.44. The van der Waals surface area contributed by atoms with Crippen LogP contribution in [0.5, 0.6) is 0 Å². The van der Waals surface area contributed by atoms with E-state index >= 15 is 0 Å². The van der Waals surface area contributed by atoms with Gasteiger partial charge in [0.1, 0.15) is 5.82 Å². The number of fused-ring (bicyclic) bond motifs is 1. The van der Waals surface area contributed by atoms with Crippen molar-refractivity contribution in [1.29, 1.82) is 0 Å². The topological polar surface area (TPSA) is 95.5 Å². The van der Waals surface area contributed by atoms with Gasteiger partial charge < -0.3 is 15.7 Å². The Morgan fingerprint density at radius 1 is 1.41 bits per heavy atom. The number of aliphatic carboxylic acids is 1. The second kappa shape index (κ2) is 6.55. The van der Waals surface area contributed by atoms with Gasteiger partial charge in [0, 0.05) is 24.6 Å². The molecular formula is C15H17FN2O4. The van der Waals surface area contributed by atoms with Crippen LogP contribution in [-0.2, 0) is 16.0 Å². The quantitative estimate of drug-likeness (QED) is 0.771. The Morgan fingerprint density at radius 3 is 2.82 bits per heavy atom. The highest BCUT2D eigenvalue weighted by atomic mass is 19.1. The van der Waals surface area contributed by atoms with Crippen LogP contribution >= 0.6 is 0 Å². The predicted molar refractivity (Wildman–Crippen MR) is 77.1 cm³/mol. The van der Waals surface area contributed by atoms with E-state index in [4.69, 9.17) is 5.11 Å². The Hall–Kier alpha value is -2.44. The largest absolute Gasteiger partial charge is 0.481 e. The molecule has 1 aromatic rings. The number of hydrogen-bond acceptors (Lipinski definition) is 3. The smallest absolute Gasteiger partial charge is 0.303 e. The molecule has 1 unspecified atom stereocenters. The molecule has 0 spiro atoms. The van der Waals surface area contributed by atoms with Crippen molar-refractivity contribution in [2.45, 2.75) is 38.6 Å². The van der Waals surface area contributed by atoms with Gasteiger partial charge in [0.2, 0.25) is 5.91 Å². The number of benzene rings is 1. The molecule has 0 saturated carbocycles. The molecule has 7 heteroatoms. The van der Waals surface area contributed by atoms with E-state index in [2.05, 4.69) is 10.6 Å². The summed E-state index contributed by atoms with van der Waals surface area (Å²) in [6.07, 6.45) is 0.953. The molecule has 1 aromatic carbocycles. The summed E-state index contributed by atoms with van der Waals surface area (Å²) in [5, 5.41) is 13.7. The summed E-state index contributed by atoms with van der Waals surface area (Å²) in [6, 6.07) is 2.20. The van der Waals surface area contributed by atoms with Gasteiger partial charge in [-0.25, -0.2) is 4.39 Å². The van der Waals surface area contributed by atoms with Crippen molar-refractivity contribution in [3.8, 4) is 0 Å². The molecule has 2 amide bonds. The third kappa shape index (κ3) is 3.81. The number of nitrogens with one attached hydrogen (secondary N) is 2. The van der Waals surface area contributed by atoms with Crippen molar-refractivity contribution in [3.05, 3.63) is 29.1 Å². The summed E-state index contributed by atoms with van der Waals surface area (Å²) in [6.45, 7) is 1.66. The predicted octanol–water partition coefficient (Wildman–Crippen LogP) is 1.69. The van der Waals surface area contributed by atoms with E-state index in [1.807, 2.05) is 0 Å². The number of carbonyl (C=O) groups is 3. The molecular weight excluding hydrogens is 291 g/mol. The monoisotopic (exact) mass is 308 g/mol. The van der Waals surface area contributed by atoms with Crippen LogP contribution in [0.4, 0.5) is 10.1 Å². The van der Waals surface area contributed by atoms with E-state index in [-0.39, 0.29) is 30.4 Å². The summed E-state index contributed by atoms with van der Waals surface area (Å²) >= 11 is 0. The average molecular weight is 308 g/mol. The fraction of sp³-hybridized carbons (Fsp3) is 0.400. The second-order valence-corrected chi connectivity index (χ2v) is 5.34. The summed E-state index contributed by atoms with van der Waals surface area (Å²) in [7, 11) is 0. The minimum absolute atomic E-state index is 0.0693. The number of aryl methyl sites for hydroxylation is 1. The molecule has 1 atom stereocenters. The van der Waals surface area contributed by atoms with E-state index in [9.17, 15) is 18.8 Å². The van der Waals surface area contributed by atoms with Crippen molar-refractivity contribution in [3.63, 3.8) is 0 Å². The molecule has 0 fully saturated rings. The number of anilines is 1. The van der Waals surface area contributed by atoms with E-state index < -0.39 is 17.7 Å². The van der Waals surface area contributed by atoms with Crippen LogP contribution in [0.3, 0.4) is 0 Å². The van der Waals surface area contributed by atoms with Crippen LogP contribution in [0.15, 0.2) is 12.1 Å². The van der Waals surface area contributed by atoms with Crippen LogP contribution in [0.2, 0.25) is 0 Å². The van der Waals surface area contributed by atoms with Gasteiger partial charge in [0.15, 0.2) is 0 Å². The first-order valence-electron chi connectivity index (χ1n) is 7.01. The summed E-state index contributed by atoms with van der Waals surface area (Å²) in [4.78, 5) is 33.8. The third-order valence-corrected chi connectivity index (χ3v) is 3.50. The van der Waals surface area contributed by atoms with Crippen molar-refractivity contribution in [1.82, 2.24) is 5.32 Å². The van der Waals surface area contributed by atoms with E-state index in [0.29, 0.717) is 24.1 Å². The van der Waals surface area contributed by atoms with Gasteiger partial charge in [-0.3, -0.25) is 14.4 Å². The van der Waals surface area contributed by atoms with Crippen LogP contribution in [0.1, 0.15) is 42.1 Å². The molecule has 0 bridgehead atoms. The van der Waals surface area contributed by atoms with Crippen molar-refractivity contribution in [2.24, 2.45) is 0 Å². The lowest BCUT2D eigenvalue weighted by atomic mass is 9.99. The highest BCUT2D eigenvalue weighted by Gasteiger charge is 2.21. The van der Waals surface area contributed by atoms with E-state index in [1.54, 1.807) is 6.92 Å². The maximum atomic E-state index is 14.0. The van der Waals surface area contributed by atoms with Crippen LogP contribution < -0.4 is 10.6 Å². The van der Waals surface area contributed by atoms with Gasteiger partial charge in [-0.15, -0.1) is 0 Å². The van der Waals surface area contributed by atoms with Gasteiger partial charge in [0.25, 0.3) is 5.91 Å². The zero-order valence-electron chi connectivity index (χ0n) is 12.1. The molecule has 0 aliphatic carbocycles. The first kappa shape index (κ1) is 15.9. The molecule has 1 heterocycles. The van der Waals surface area contributed by atoms with Crippen LogP contribution in [0.25, 0.3) is 0 Å². The van der Waals surface area contributed by atoms with Crippen molar-refractivity contribution >= 4 is 23.5 Å². The maximum absolute atomic E-state index is 14.0. The summed E-state index contributed by atoms with van der Waals surface area (Å²) < 4.78 is 14.0. The Labute approximate surface area is 126 Å². The Balaban J connectivity index is 2.10. The lowest BCUT2D eigenvalue weighted by Crippen LogP contribution is -2.33. The zero-order chi connectivity index (χ0) is 16.3. The molecule has 118 valence electrons. The lowest BCUT2D eigenvalue weighted by Gasteiger charge is -2.19. The molecule has 1 aliphatic rings.